The highest BCUT2D eigenvalue weighted by Gasteiger charge is 2.37. The number of imidazole rings is 1. The Morgan fingerprint density at radius 3 is 2.67 bits per heavy atom. The molecule has 2 aliphatic heterocycles. The lowest BCUT2D eigenvalue weighted by atomic mass is 9.86. The van der Waals surface area contributed by atoms with Crippen molar-refractivity contribution >= 4 is 33.7 Å². The zero-order chi connectivity index (χ0) is 26.0. The normalized spacial score (nSPS) is 21.2. The highest BCUT2D eigenvalue weighted by atomic mass is 35.5. The average molecular weight is 544 g/mol. The second-order valence-corrected chi connectivity index (χ2v) is 11.4. The van der Waals surface area contributed by atoms with Crippen molar-refractivity contribution < 1.29 is 31.9 Å². The van der Waals surface area contributed by atoms with Gasteiger partial charge in [0.15, 0.2) is 11.0 Å². The lowest BCUT2D eigenvalue weighted by Gasteiger charge is -2.38. The number of pyridine rings is 1. The molecule has 11 nitrogen and oxygen atoms in total. The van der Waals surface area contributed by atoms with Crippen LogP contribution in [0.4, 0.5) is 9.18 Å². The van der Waals surface area contributed by atoms with E-state index in [0.29, 0.717) is 23.6 Å². The Bertz CT molecular complexity index is 1220. The third-order valence-electron chi connectivity index (χ3n) is 6.49. The van der Waals surface area contributed by atoms with Gasteiger partial charge in [0, 0.05) is 25.4 Å². The van der Waals surface area contributed by atoms with E-state index in [-0.39, 0.29) is 61.2 Å². The molecule has 2 aromatic rings. The molecule has 2 aliphatic rings. The molecule has 0 aromatic carbocycles. The van der Waals surface area contributed by atoms with Gasteiger partial charge in [0.1, 0.15) is 17.6 Å². The van der Waals surface area contributed by atoms with Crippen molar-refractivity contribution in [1.29, 1.82) is 0 Å². The van der Waals surface area contributed by atoms with Crippen LogP contribution in [-0.4, -0.2) is 89.8 Å². The molecule has 1 N–H and O–H groups in total. The van der Waals surface area contributed by atoms with Crippen LogP contribution in [0.15, 0.2) is 18.3 Å². The third kappa shape index (κ3) is 5.79. The minimum absolute atomic E-state index is 0.0555. The number of piperidine rings is 1. The van der Waals surface area contributed by atoms with Crippen LogP contribution in [-0.2, 0) is 24.3 Å². The molecule has 1 amide bonds. The number of methoxy groups -OCH3 is 1. The highest BCUT2D eigenvalue weighted by Crippen LogP contribution is 2.37. The van der Waals surface area contributed by atoms with Gasteiger partial charge in [-0.05, 0) is 24.5 Å². The highest BCUT2D eigenvalue weighted by molar-refractivity contribution is 7.89. The first-order valence-corrected chi connectivity index (χ1v) is 13.4. The summed E-state index contributed by atoms with van der Waals surface area (Å²) in [6.07, 6.45) is 0.213. The molecule has 0 aliphatic carbocycles. The van der Waals surface area contributed by atoms with E-state index in [1.807, 2.05) is 6.92 Å². The van der Waals surface area contributed by atoms with Gasteiger partial charge in [0.25, 0.3) is 0 Å². The molecule has 4 rings (SSSR count). The molecule has 14 heteroatoms. The zero-order valence-electron chi connectivity index (χ0n) is 19.8. The van der Waals surface area contributed by atoms with Gasteiger partial charge >= 0.3 is 6.16 Å². The first-order valence-electron chi connectivity index (χ1n) is 11.4. The minimum atomic E-state index is -3.65. The molecule has 0 bridgehead atoms. The molecule has 196 valence electrons. The van der Waals surface area contributed by atoms with Gasteiger partial charge < -0.3 is 19.4 Å². The zero-order valence-corrected chi connectivity index (χ0v) is 21.4. The Labute approximate surface area is 213 Å². The molecule has 2 saturated heterocycles. The van der Waals surface area contributed by atoms with Crippen LogP contribution in [0.25, 0.3) is 11.5 Å². The molecule has 4 heterocycles. The summed E-state index contributed by atoms with van der Waals surface area (Å²) in [7, 11) is -2.45. The van der Waals surface area contributed by atoms with Gasteiger partial charge in [-0.15, -0.1) is 0 Å². The number of carbonyl (C=O) groups excluding carboxylic acids is 2. The van der Waals surface area contributed by atoms with Gasteiger partial charge in [-0.2, -0.15) is 0 Å². The molecular formula is C22H27ClFN5O6S. The van der Waals surface area contributed by atoms with Crippen LogP contribution < -0.4 is 0 Å². The summed E-state index contributed by atoms with van der Waals surface area (Å²) < 4.78 is 49.8. The van der Waals surface area contributed by atoms with Crippen molar-refractivity contribution in [3.05, 3.63) is 35.0 Å². The topological polar surface area (TPSA) is 135 Å². The molecule has 2 fully saturated rings. The minimum Gasteiger partial charge on any atom is -0.438 e. The standard InChI is InChI=1S/C22H27ClFN5O6S/c1-13-10-29(36(32,33)8-6-18(30)28-11-15(12-28)35-22(31)34-2)7-5-16(13)19-20(23)27-21(26-19)17-4-3-14(24)9-25-17/h3-4,9,13,15-16H,5-8,10-12H2,1-2H3,(H,26,27)/t13-,16+/m0/s1. The number of amides is 1. The summed E-state index contributed by atoms with van der Waals surface area (Å²) in [5.74, 6) is -0.767. The second kappa shape index (κ2) is 10.7. The molecule has 0 saturated carbocycles. The van der Waals surface area contributed by atoms with Crippen LogP contribution in [0, 0.1) is 11.7 Å². The predicted molar refractivity (Wildman–Crippen MR) is 127 cm³/mol. The Hall–Kier alpha value is -2.77. The molecule has 36 heavy (non-hydrogen) atoms. The molecular weight excluding hydrogens is 517 g/mol. The van der Waals surface area contributed by atoms with Crippen LogP contribution in [0.5, 0.6) is 0 Å². The van der Waals surface area contributed by atoms with E-state index in [1.165, 1.54) is 28.4 Å². The number of rotatable bonds is 7. The summed E-state index contributed by atoms with van der Waals surface area (Å²) in [6.45, 7) is 2.93. The number of ether oxygens (including phenoxy) is 2. The number of carbonyl (C=O) groups is 2. The van der Waals surface area contributed by atoms with Crippen molar-refractivity contribution in [2.75, 3.05) is 39.0 Å². The van der Waals surface area contributed by atoms with Crippen LogP contribution in [0.1, 0.15) is 31.4 Å². The van der Waals surface area contributed by atoms with Crippen molar-refractivity contribution in [2.24, 2.45) is 5.92 Å². The first kappa shape index (κ1) is 26.3. The van der Waals surface area contributed by atoms with E-state index in [2.05, 4.69) is 19.7 Å². The maximum Gasteiger partial charge on any atom is 0.508 e. The van der Waals surface area contributed by atoms with E-state index >= 15 is 0 Å². The molecule has 0 spiro atoms. The van der Waals surface area contributed by atoms with Gasteiger partial charge in [0.2, 0.25) is 15.9 Å². The predicted octanol–water partition coefficient (Wildman–Crippen LogP) is 2.40. The number of H-pyrrole nitrogens is 1. The maximum absolute atomic E-state index is 13.2. The Balaban J connectivity index is 1.31. The van der Waals surface area contributed by atoms with Gasteiger partial charge in [-0.25, -0.2) is 31.9 Å². The number of likely N-dealkylation sites (tertiary alicyclic amines) is 1. The lowest BCUT2D eigenvalue weighted by molar-refractivity contribution is -0.142. The number of hydrogen-bond acceptors (Lipinski definition) is 8. The fourth-order valence-corrected chi connectivity index (χ4v) is 6.25. The number of sulfonamides is 1. The number of nitrogens with zero attached hydrogens (tertiary/aromatic N) is 4. The number of hydrogen-bond donors (Lipinski definition) is 1. The number of nitrogens with one attached hydrogen (secondary N) is 1. The van der Waals surface area contributed by atoms with Crippen LogP contribution in [0.3, 0.4) is 0 Å². The van der Waals surface area contributed by atoms with Crippen molar-refractivity contribution in [2.45, 2.75) is 31.8 Å². The van der Waals surface area contributed by atoms with Crippen molar-refractivity contribution in [3.63, 3.8) is 0 Å². The molecule has 2 atom stereocenters. The van der Waals surface area contributed by atoms with Crippen molar-refractivity contribution in [3.8, 4) is 11.5 Å². The number of aromatic nitrogens is 3. The largest absolute Gasteiger partial charge is 0.508 e. The maximum atomic E-state index is 13.2. The monoisotopic (exact) mass is 543 g/mol. The van der Waals surface area contributed by atoms with Crippen LogP contribution in [0.2, 0.25) is 5.15 Å². The summed E-state index contributed by atoms with van der Waals surface area (Å²) in [4.78, 5) is 36.4. The summed E-state index contributed by atoms with van der Waals surface area (Å²) in [5, 5.41) is 0.277. The SMILES string of the molecule is COC(=O)OC1CN(C(=O)CCS(=O)(=O)N2CC[C@@H](c3[nH]c(-c4ccc(F)cn4)nc3Cl)[C@@H](C)C2)C1. The molecule has 2 aromatic heterocycles. The number of aromatic amines is 1. The smallest absolute Gasteiger partial charge is 0.438 e. The Kier molecular flexibility index (Phi) is 7.81. The van der Waals surface area contributed by atoms with Crippen molar-refractivity contribution in [1.82, 2.24) is 24.2 Å². The van der Waals surface area contributed by atoms with E-state index in [4.69, 9.17) is 16.3 Å². The van der Waals surface area contributed by atoms with Crippen LogP contribution >= 0.6 is 11.6 Å². The first-order chi connectivity index (χ1) is 17.1. The van der Waals surface area contributed by atoms with E-state index < -0.39 is 28.1 Å². The fraction of sp³-hybridized carbons (Fsp3) is 0.545. The Morgan fingerprint density at radius 1 is 1.28 bits per heavy atom. The van der Waals surface area contributed by atoms with E-state index in [9.17, 15) is 22.4 Å². The summed E-state index contributed by atoms with van der Waals surface area (Å²) in [6, 6.07) is 2.78. The lowest BCUT2D eigenvalue weighted by Crippen LogP contribution is -2.55. The fourth-order valence-electron chi connectivity index (χ4n) is 4.44. The molecule has 0 radical (unpaired) electrons. The molecule has 0 unspecified atom stereocenters. The number of halogens is 2. The summed E-state index contributed by atoms with van der Waals surface area (Å²) in [5.41, 5.74) is 1.14. The Morgan fingerprint density at radius 2 is 2.03 bits per heavy atom. The quantitative estimate of drug-likeness (QED) is 0.526. The average Bonchev–Trinajstić information content (AvgIpc) is 3.21. The summed E-state index contributed by atoms with van der Waals surface area (Å²) >= 11 is 6.38. The second-order valence-electron chi connectivity index (χ2n) is 8.94. The van der Waals surface area contributed by atoms with Gasteiger partial charge in [0.05, 0.1) is 37.8 Å². The van der Waals surface area contributed by atoms with E-state index in [1.54, 1.807) is 0 Å². The van der Waals surface area contributed by atoms with E-state index in [0.717, 1.165) is 6.20 Å². The third-order valence-corrected chi connectivity index (χ3v) is 8.62. The van der Waals surface area contributed by atoms with Gasteiger partial charge in [-0.3, -0.25) is 4.79 Å². The van der Waals surface area contributed by atoms with Gasteiger partial charge in [-0.1, -0.05) is 18.5 Å².